The van der Waals surface area contributed by atoms with E-state index in [1.807, 2.05) is 0 Å². The van der Waals surface area contributed by atoms with Crippen LogP contribution in [0.15, 0.2) is 30.3 Å². The third-order valence-corrected chi connectivity index (χ3v) is 8.95. The number of amides is 1. The van der Waals surface area contributed by atoms with Crippen LogP contribution >= 0.6 is 11.3 Å². The minimum Gasteiger partial charge on any atom is -0.326 e. The maximum absolute atomic E-state index is 13.3. The highest BCUT2D eigenvalue weighted by Gasteiger charge is 2.54. The summed E-state index contributed by atoms with van der Waals surface area (Å²) in [6.45, 7) is 3.20. The van der Waals surface area contributed by atoms with E-state index in [0.717, 1.165) is 68.2 Å². The molecule has 7 rings (SSSR count). The van der Waals surface area contributed by atoms with Gasteiger partial charge in [0.15, 0.2) is 5.13 Å². The van der Waals surface area contributed by atoms with Gasteiger partial charge in [0.25, 0.3) is 0 Å². The molecule has 1 aliphatic heterocycles. The predicted octanol–water partition coefficient (Wildman–Crippen LogP) is 3.44. The second-order valence-corrected chi connectivity index (χ2v) is 11.2. The fourth-order valence-electron chi connectivity index (χ4n) is 7.03. The molecule has 0 radical (unpaired) electrons. The van der Waals surface area contributed by atoms with Crippen molar-refractivity contribution in [2.75, 3.05) is 11.9 Å². The number of anilines is 1. The lowest BCUT2D eigenvalue weighted by molar-refractivity contribution is -0.929. The van der Waals surface area contributed by atoms with Crippen LogP contribution in [-0.4, -0.2) is 17.4 Å². The number of carbonyl (C=O) groups is 1. The van der Waals surface area contributed by atoms with Crippen molar-refractivity contribution < 1.29 is 9.69 Å². The Kier molecular flexibility index (Phi) is 4.31. The summed E-state index contributed by atoms with van der Waals surface area (Å²) in [5.74, 6) is 2.67. The number of benzene rings is 1. The first-order valence-electron chi connectivity index (χ1n) is 11.3. The molecule has 1 aromatic heterocycles. The smallest absolute Gasteiger partial charge is 0.232 e. The van der Waals surface area contributed by atoms with Crippen molar-refractivity contribution in [2.24, 2.45) is 23.2 Å². The molecule has 2 aromatic rings. The number of carbonyl (C=O) groups excluding carboxylic acids is 1. The van der Waals surface area contributed by atoms with Crippen LogP contribution in [0.25, 0.3) is 0 Å². The molecule has 4 bridgehead atoms. The molecule has 4 saturated carbocycles. The molecule has 2 heterocycles. The van der Waals surface area contributed by atoms with Gasteiger partial charge in [-0.15, -0.1) is 0 Å². The zero-order valence-electron chi connectivity index (χ0n) is 17.0. The summed E-state index contributed by atoms with van der Waals surface area (Å²) in [6, 6.07) is 10.7. The normalized spacial score (nSPS) is 34.8. The van der Waals surface area contributed by atoms with Crippen molar-refractivity contribution in [3.63, 3.8) is 0 Å². The maximum Gasteiger partial charge on any atom is 0.232 e. The van der Waals surface area contributed by atoms with E-state index in [1.54, 1.807) is 16.2 Å². The van der Waals surface area contributed by atoms with Gasteiger partial charge in [0.05, 0.1) is 22.5 Å². The van der Waals surface area contributed by atoms with Gasteiger partial charge in [0.2, 0.25) is 5.91 Å². The highest BCUT2D eigenvalue weighted by molar-refractivity contribution is 7.15. The summed E-state index contributed by atoms with van der Waals surface area (Å²) < 4.78 is 0. The molecule has 1 unspecified atom stereocenters. The molecule has 152 valence electrons. The van der Waals surface area contributed by atoms with Crippen molar-refractivity contribution in [1.29, 1.82) is 0 Å². The number of thiazole rings is 1. The molecule has 1 amide bonds. The number of rotatable bonds is 4. The molecule has 1 atom stereocenters. The first-order valence-corrected chi connectivity index (χ1v) is 12.1. The second-order valence-electron chi connectivity index (χ2n) is 10.1. The van der Waals surface area contributed by atoms with Gasteiger partial charge in [0, 0.05) is 12.0 Å². The molecular formula is C24H30N3OS+. The van der Waals surface area contributed by atoms with Crippen LogP contribution < -0.4 is 10.2 Å². The Balaban J connectivity index is 1.14. The molecule has 4 fully saturated rings. The summed E-state index contributed by atoms with van der Waals surface area (Å²) >= 11 is 1.72. The second kappa shape index (κ2) is 6.92. The molecule has 1 aromatic carbocycles. The Morgan fingerprint density at radius 3 is 2.48 bits per heavy atom. The van der Waals surface area contributed by atoms with E-state index in [4.69, 9.17) is 4.98 Å². The highest BCUT2D eigenvalue weighted by atomic mass is 32.1. The van der Waals surface area contributed by atoms with E-state index in [1.165, 1.54) is 35.4 Å². The van der Waals surface area contributed by atoms with Gasteiger partial charge in [-0.2, -0.15) is 0 Å². The number of nitrogens with one attached hydrogen (secondary N) is 2. The molecule has 5 heteroatoms. The lowest BCUT2D eigenvalue weighted by Crippen LogP contribution is -3.10. The molecule has 29 heavy (non-hydrogen) atoms. The lowest BCUT2D eigenvalue weighted by Gasteiger charge is -2.55. The van der Waals surface area contributed by atoms with Gasteiger partial charge in [-0.05, 0) is 56.3 Å². The lowest BCUT2D eigenvalue weighted by atomic mass is 9.49. The summed E-state index contributed by atoms with van der Waals surface area (Å²) in [5, 5.41) is 4.12. The maximum atomic E-state index is 13.3. The summed E-state index contributed by atoms with van der Waals surface area (Å²) in [7, 11) is 0. The van der Waals surface area contributed by atoms with Gasteiger partial charge >= 0.3 is 0 Å². The minimum atomic E-state index is -0.0917. The number of quaternary nitrogens is 1. The highest BCUT2D eigenvalue weighted by Crippen LogP contribution is 2.60. The van der Waals surface area contributed by atoms with E-state index < -0.39 is 0 Å². The van der Waals surface area contributed by atoms with Gasteiger partial charge in [0.1, 0.15) is 13.1 Å². The Labute approximate surface area is 176 Å². The molecule has 4 aliphatic carbocycles. The molecule has 5 aliphatic rings. The van der Waals surface area contributed by atoms with Crippen LogP contribution in [-0.2, 0) is 24.3 Å². The van der Waals surface area contributed by atoms with Crippen LogP contribution in [0.2, 0.25) is 0 Å². The summed E-state index contributed by atoms with van der Waals surface area (Å²) in [5.41, 5.74) is 2.52. The van der Waals surface area contributed by atoms with Crippen LogP contribution in [0, 0.1) is 23.2 Å². The van der Waals surface area contributed by atoms with E-state index in [0.29, 0.717) is 0 Å². The van der Waals surface area contributed by atoms with Crippen LogP contribution in [0.4, 0.5) is 5.13 Å². The largest absolute Gasteiger partial charge is 0.326 e. The molecular weight excluding hydrogens is 378 g/mol. The van der Waals surface area contributed by atoms with Gasteiger partial charge in [-0.1, -0.05) is 41.7 Å². The third kappa shape index (κ3) is 3.32. The molecule has 4 nitrogen and oxygen atoms in total. The molecule has 0 saturated heterocycles. The Bertz CT molecular complexity index is 886. The Morgan fingerprint density at radius 2 is 1.79 bits per heavy atom. The molecule has 2 N–H and O–H groups in total. The van der Waals surface area contributed by atoms with Crippen molar-refractivity contribution in [3.8, 4) is 0 Å². The zero-order chi connectivity index (χ0) is 19.4. The predicted molar refractivity (Wildman–Crippen MR) is 115 cm³/mol. The standard InChI is InChI=1S/C24H29N3OS/c28-22(24-11-17-8-18(12-24)10-19(9-17)13-24)26-23-25-20-6-7-27(15-21(20)29-23)14-16-4-2-1-3-5-16/h1-5,17-19H,6-15H2,(H,25,26,28)/p+1. The average molecular weight is 409 g/mol. The van der Waals surface area contributed by atoms with Crippen molar-refractivity contribution in [1.82, 2.24) is 4.98 Å². The number of nitrogens with zero attached hydrogens (tertiary/aromatic N) is 1. The SMILES string of the molecule is O=C(Nc1nc2c(s1)C[NH+](Cc1ccccc1)CC2)C12CC3CC(CC(C3)C1)C2. The quantitative estimate of drug-likeness (QED) is 0.814. The van der Waals surface area contributed by atoms with E-state index in [9.17, 15) is 4.79 Å². The van der Waals surface area contributed by atoms with E-state index in [-0.39, 0.29) is 11.3 Å². The topological polar surface area (TPSA) is 46.4 Å². The average Bonchev–Trinajstić information content (AvgIpc) is 3.09. The number of fused-ring (bicyclic) bond motifs is 1. The zero-order valence-corrected chi connectivity index (χ0v) is 17.8. The molecule has 0 spiro atoms. The number of aromatic nitrogens is 1. The fraction of sp³-hybridized carbons (Fsp3) is 0.583. The van der Waals surface area contributed by atoms with E-state index >= 15 is 0 Å². The van der Waals surface area contributed by atoms with Crippen LogP contribution in [0.1, 0.15) is 54.7 Å². The fourth-order valence-corrected chi connectivity index (χ4v) is 8.11. The van der Waals surface area contributed by atoms with Crippen LogP contribution in [0.3, 0.4) is 0 Å². The third-order valence-electron chi connectivity index (χ3n) is 7.94. The summed E-state index contributed by atoms with van der Waals surface area (Å²) in [4.78, 5) is 21.1. The van der Waals surface area contributed by atoms with Gasteiger partial charge in [-0.25, -0.2) is 4.98 Å². The van der Waals surface area contributed by atoms with E-state index in [2.05, 4.69) is 35.6 Å². The van der Waals surface area contributed by atoms with Crippen LogP contribution in [0.5, 0.6) is 0 Å². The van der Waals surface area contributed by atoms with Crippen molar-refractivity contribution in [2.45, 2.75) is 58.0 Å². The monoisotopic (exact) mass is 408 g/mol. The minimum absolute atomic E-state index is 0.0917. The number of hydrogen-bond acceptors (Lipinski definition) is 3. The van der Waals surface area contributed by atoms with Crippen molar-refractivity contribution in [3.05, 3.63) is 46.5 Å². The van der Waals surface area contributed by atoms with Gasteiger partial charge in [-0.3, -0.25) is 4.79 Å². The first-order chi connectivity index (χ1) is 14.1. The Morgan fingerprint density at radius 1 is 1.10 bits per heavy atom. The van der Waals surface area contributed by atoms with Crippen molar-refractivity contribution >= 4 is 22.4 Å². The summed E-state index contributed by atoms with van der Waals surface area (Å²) in [6.07, 6.45) is 8.48. The Hall–Kier alpha value is -1.72. The number of hydrogen-bond donors (Lipinski definition) is 2. The first kappa shape index (κ1) is 18.1. The van der Waals surface area contributed by atoms with Gasteiger partial charge < -0.3 is 10.2 Å².